The summed E-state index contributed by atoms with van der Waals surface area (Å²) in [7, 11) is 0. The third-order valence-corrected chi connectivity index (χ3v) is 9.01. The summed E-state index contributed by atoms with van der Waals surface area (Å²) in [5.74, 6) is 0.844. The zero-order valence-electron chi connectivity index (χ0n) is 22.4. The van der Waals surface area contributed by atoms with Gasteiger partial charge in [0.2, 0.25) is 11.8 Å². The lowest BCUT2D eigenvalue weighted by Crippen LogP contribution is -2.53. The third kappa shape index (κ3) is 8.76. The van der Waals surface area contributed by atoms with Crippen LogP contribution in [-0.4, -0.2) is 34.6 Å². The van der Waals surface area contributed by atoms with E-state index in [2.05, 4.69) is 24.4 Å². The molecular weight excluding hydrogens is 547 g/mol. The molecule has 4 nitrogen and oxygen atoms in total. The van der Waals surface area contributed by atoms with Gasteiger partial charge in [0.05, 0.1) is 15.8 Å². The Morgan fingerprint density at radius 2 is 1.64 bits per heavy atom. The van der Waals surface area contributed by atoms with E-state index < -0.39 is 6.04 Å². The molecule has 7 heteroatoms. The van der Waals surface area contributed by atoms with Crippen molar-refractivity contribution in [2.45, 2.75) is 69.8 Å². The summed E-state index contributed by atoms with van der Waals surface area (Å²) in [6.45, 7) is 2.36. The molecule has 0 aliphatic heterocycles. The maximum Gasteiger partial charge on any atom is 0.243 e. The van der Waals surface area contributed by atoms with Crippen LogP contribution in [0.3, 0.4) is 0 Å². The van der Waals surface area contributed by atoms with Crippen molar-refractivity contribution in [2.24, 2.45) is 0 Å². The van der Waals surface area contributed by atoms with E-state index in [4.69, 9.17) is 23.2 Å². The van der Waals surface area contributed by atoms with Crippen LogP contribution < -0.4 is 5.32 Å². The molecule has 4 rings (SSSR count). The van der Waals surface area contributed by atoms with E-state index in [0.29, 0.717) is 16.5 Å². The lowest BCUT2D eigenvalue weighted by molar-refractivity contribution is -0.139. The number of thioether (sulfide) groups is 1. The molecule has 1 atom stereocenters. The van der Waals surface area contributed by atoms with Gasteiger partial charge in [-0.3, -0.25) is 9.59 Å². The van der Waals surface area contributed by atoms with Gasteiger partial charge in [-0.1, -0.05) is 103 Å². The Labute approximate surface area is 246 Å². The first-order valence-corrected chi connectivity index (χ1v) is 15.5. The largest absolute Gasteiger partial charge is 0.352 e. The van der Waals surface area contributed by atoms with Crippen molar-refractivity contribution in [2.75, 3.05) is 5.75 Å². The van der Waals surface area contributed by atoms with Crippen molar-refractivity contribution in [3.63, 3.8) is 0 Å². The van der Waals surface area contributed by atoms with Crippen LogP contribution in [0.15, 0.2) is 72.8 Å². The highest BCUT2D eigenvalue weighted by Crippen LogP contribution is 2.26. The van der Waals surface area contributed by atoms with Crippen molar-refractivity contribution < 1.29 is 9.59 Å². The number of amides is 2. The second kappa shape index (κ2) is 14.8. The van der Waals surface area contributed by atoms with Gasteiger partial charge in [-0.15, -0.1) is 11.8 Å². The van der Waals surface area contributed by atoms with Gasteiger partial charge < -0.3 is 10.2 Å². The van der Waals surface area contributed by atoms with E-state index in [9.17, 15) is 9.59 Å². The fourth-order valence-electron chi connectivity index (χ4n) is 5.04. The Bertz CT molecular complexity index is 1250. The van der Waals surface area contributed by atoms with Gasteiger partial charge in [0, 0.05) is 24.8 Å². The number of rotatable bonds is 11. The topological polar surface area (TPSA) is 49.4 Å². The molecule has 1 aliphatic rings. The summed E-state index contributed by atoms with van der Waals surface area (Å²) < 4.78 is 0. The van der Waals surface area contributed by atoms with E-state index in [1.165, 1.54) is 17.5 Å². The predicted molar refractivity (Wildman–Crippen MR) is 163 cm³/mol. The number of hydrogen-bond donors (Lipinski definition) is 1. The second-order valence-electron chi connectivity index (χ2n) is 10.2. The average Bonchev–Trinajstić information content (AvgIpc) is 2.94. The molecule has 1 saturated carbocycles. The lowest BCUT2D eigenvalue weighted by Gasteiger charge is -2.33. The molecule has 39 heavy (non-hydrogen) atoms. The van der Waals surface area contributed by atoms with Gasteiger partial charge in [0.1, 0.15) is 6.04 Å². The Balaban J connectivity index is 1.59. The first-order chi connectivity index (χ1) is 18.9. The van der Waals surface area contributed by atoms with Crippen LogP contribution in [0.2, 0.25) is 10.0 Å². The quantitative estimate of drug-likeness (QED) is 0.253. The minimum atomic E-state index is -0.643. The van der Waals surface area contributed by atoms with Crippen LogP contribution in [-0.2, 0) is 28.3 Å². The maximum absolute atomic E-state index is 13.9. The number of halogens is 2. The van der Waals surface area contributed by atoms with Crippen molar-refractivity contribution in [3.8, 4) is 0 Å². The van der Waals surface area contributed by atoms with E-state index in [-0.39, 0.29) is 30.2 Å². The van der Waals surface area contributed by atoms with Crippen molar-refractivity contribution in [1.29, 1.82) is 0 Å². The van der Waals surface area contributed by atoms with E-state index in [1.54, 1.807) is 28.8 Å². The standard InChI is InChI=1S/C32H36Cl2N2O2S/c1-23-10-8-9-13-26(23)21-39-22-31(37)36(20-25-16-17-28(33)29(34)18-25)30(19-24-11-4-2-5-12-24)32(38)35-27-14-6-3-7-15-27/h2,4-5,8-13,16-18,27,30H,3,6-7,14-15,19-22H2,1H3,(H,35,38). The smallest absolute Gasteiger partial charge is 0.243 e. The zero-order chi connectivity index (χ0) is 27.6. The number of carbonyl (C=O) groups is 2. The van der Waals surface area contributed by atoms with Gasteiger partial charge >= 0.3 is 0 Å². The molecule has 3 aromatic rings. The number of nitrogens with one attached hydrogen (secondary N) is 1. The average molecular weight is 584 g/mol. The number of benzene rings is 3. The Hall–Kier alpha value is -2.47. The molecule has 0 saturated heterocycles. The monoisotopic (exact) mass is 582 g/mol. The summed E-state index contributed by atoms with van der Waals surface area (Å²) >= 11 is 14.1. The Kier molecular flexibility index (Phi) is 11.2. The summed E-state index contributed by atoms with van der Waals surface area (Å²) in [4.78, 5) is 29.5. The lowest BCUT2D eigenvalue weighted by atomic mass is 9.94. The number of aryl methyl sites for hydroxylation is 1. The molecule has 0 spiro atoms. The number of nitrogens with zero attached hydrogens (tertiary/aromatic N) is 1. The molecule has 0 aromatic heterocycles. The second-order valence-corrected chi connectivity index (χ2v) is 12.0. The Morgan fingerprint density at radius 1 is 0.923 bits per heavy atom. The molecule has 3 aromatic carbocycles. The first-order valence-electron chi connectivity index (χ1n) is 13.6. The van der Waals surface area contributed by atoms with Crippen LogP contribution in [0, 0.1) is 6.92 Å². The molecule has 0 heterocycles. The van der Waals surface area contributed by atoms with Crippen molar-refractivity contribution in [3.05, 3.63) is 105 Å². The predicted octanol–water partition coefficient (Wildman–Crippen LogP) is 7.62. The fraction of sp³-hybridized carbons (Fsp3) is 0.375. The Morgan fingerprint density at radius 3 is 2.36 bits per heavy atom. The van der Waals surface area contributed by atoms with Gasteiger partial charge in [-0.2, -0.15) is 0 Å². The van der Waals surface area contributed by atoms with Gasteiger partial charge in [0.15, 0.2) is 0 Å². The minimum absolute atomic E-state index is 0.0700. The third-order valence-electron chi connectivity index (χ3n) is 7.30. The SMILES string of the molecule is Cc1ccccc1CSCC(=O)N(Cc1ccc(Cl)c(Cl)c1)C(Cc1ccccc1)C(=O)NC1CCCCC1. The maximum atomic E-state index is 13.9. The fourth-order valence-corrected chi connectivity index (χ4v) is 6.34. The molecule has 206 valence electrons. The van der Waals surface area contributed by atoms with Crippen LogP contribution in [0.4, 0.5) is 0 Å². The van der Waals surface area contributed by atoms with Crippen LogP contribution in [0.5, 0.6) is 0 Å². The van der Waals surface area contributed by atoms with Gasteiger partial charge in [-0.05, 0) is 54.2 Å². The molecule has 0 radical (unpaired) electrons. The molecule has 2 amide bonds. The van der Waals surface area contributed by atoms with Crippen LogP contribution in [0.1, 0.15) is 54.4 Å². The molecule has 1 fully saturated rings. The van der Waals surface area contributed by atoms with Crippen molar-refractivity contribution >= 4 is 46.8 Å². The van der Waals surface area contributed by atoms with Crippen LogP contribution >= 0.6 is 35.0 Å². The highest BCUT2D eigenvalue weighted by molar-refractivity contribution is 7.99. The highest BCUT2D eigenvalue weighted by atomic mass is 35.5. The van der Waals surface area contributed by atoms with E-state index in [1.807, 2.05) is 48.5 Å². The van der Waals surface area contributed by atoms with Crippen LogP contribution in [0.25, 0.3) is 0 Å². The summed E-state index contributed by atoms with van der Waals surface area (Å²) in [5, 5.41) is 4.18. The summed E-state index contributed by atoms with van der Waals surface area (Å²) in [5.41, 5.74) is 4.27. The van der Waals surface area contributed by atoms with Crippen molar-refractivity contribution in [1.82, 2.24) is 10.2 Å². The van der Waals surface area contributed by atoms with E-state index >= 15 is 0 Å². The number of hydrogen-bond acceptors (Lipinski definition) is 3. The number of carbonyl (C=O) groups excluding carboxylic acids is 2. The normalized spacial score (nSPS) is 14.5. The minimum Gasteiger partial charge on any atom is -0.352 e. The van der Waals surface area contributed by atoms with Gasteiger partial charge in [-0.25, -0.2) is 0 Å². The summed E-state index contributed by atoms with van der Waals surface area (Å²) in [6, 6.07) is 23.0. The highest BCUT2D eigenvalue weighted by Gasteiger charge is 2.32. The first kappa shape index (κ1) is 29.5. The molecule has 1 N–H and O–H groups in total. The molecule has 1 aliphatic carbocycles. The molecule has 1 unspecified atom stereocenters. The molecule has 0 bridgehead atoms. The van der Waals surface area contributed by atoms with E-state index in [0.717, 1.165) is 42.6 Å². The molecular formula is C32H36Cl2N2O2S. The zero-order valence-corrected chi connectivity index (χ0v) is 24.7. The van der Waals surface area contributed by atoms with Gasteiger partial charge in [0.25, 0.3) is 0 Å². The summed E-state index contributed by atoms with van der Waals surface area (Å²) in [6.07, 6.45) is 5.86.